The fourth-order valence-corrected chi connectivity index (χ4v) is 1.26. The summed E-state index contributed by atoms with van der Waals surface area (Å²) in [7, 11) is 1.18. The van der Waals surface area contributed by atoms with Crippen LogP contribution in [0.4, 0.5) is 0 Å². The van der Waals surface area contributed by atoms with Gasteiger partial charge in [-0.15, -0.1) is 0 Å². The van der Waals surface area contributed by atoms with Crippen molar-refractivity contribution < 1.29 is 14.6 Å². The number of aromatic hydroxyl groups is 1. The Hall–Kier alpha value is -2.31. The number of carbonyl (C=O) groups is 1. The van der Waals surface area contributed by atoms with E-state index >= 15 is 0 Å². The SMILES string of the molecule is COC(=O)c1cn2nc[nH]c(=O)c2c1O. The molecule has 15 heavy (non-hydrogen) atoms. The van der Waals surface area contributed by atoms with Crippen LogP contribution in [0, 0.1) is 0 Å². The molecule has 0 radical (unpaired) electrons. The summed E-state index contributed by atoms with van der Waals surface area (Å²) in [6.07, 6.45) is 2.39. The minimum atomic E-state index is -0.725. The Morgan fingerprint density at radius 1 is 1.67 bits per heavy atom. The lowest BCUT2D eigenvalue weighted by Gasteiger charge is -1.94. The summed E-state index contributed by atoms with van der Waals surface area (Å²) >= 11 is 0. The number of aromatic nitrogens is 3. The monoisotopic (exact) mass is 209 g/mol. The fraction of sp³-hybridized carbons (Fsp3) is 0.125. The summed E-state index contributed by atoms with van der Waals surface area (Å²) in [5, 5.41) is 13.3. The highest BCUT2D eigenvalue weighted by Crippen LogP contribution is 2.22. The second-order valence-corrected chi connectivity index (χ2v) is 2.79. The fourth-order valence-electron chi connectivity index (χ4n) is 1.26. The molecule has 0 spiro atoms. The van der Waals surface area contributed by atoms with E-state index in [9.17, 15) is 14.7 Å². The van der Waals surface area contributed by atoms with Crippen molar-refractivity contribution in [2.45, 2.75) is 0 Å². The van der Waals surface area contributed by atoms with Crippen molar-refractivity contribution in [3.63, 3.8) is 0 Å². The molecule has 2 aromatic heterocycles. The van der Waals surface area contributed by atoms with Gasteiger partial charge in [0.1, 0.15) is 11.9 Å². The van der Waals surface area contributed by atoms with Gasteiger partial charge in [-0.2, -0.15) is 5.10 Å². The molecular weight excluding hydrogens is 202 g/mol. The number of methoxy groups -OCH3 is 1. The summed E-state index contributed by atoms with van der Waals surface area (Å²) in [5.74, 6) is -1.16. The lowest BCUT2D eigenvalue weighted by atomic mass is 10.3. The summed E-state index contributed by atoms with van der Waals surface area (Å²) in [6, 6.07) is 0. The van der Waals surface area contributed by atoms with E-state index in [1.165, 1.54) is 13.3 Å². The molecule has 0 atom stereocenters. The van der Waals surface area contributed by atoms with Gasteiger partial charge < -0.3 is 14.8 Å². The molecule has 2 aromatic rings. The van der Waals surface area contributed by atoms with Crippen LogP contribution in [0.5, 0.6) is 5.75 Å². The topological polar surface area (TPSA) is 96.7 Å². The van der Waals surface area contributed by atoms with Crippen molar-refractivity contribution in [2.24, 2.45) is 0 Å². The van der Waals surface area contributed by atoms with Gasteiger partial charge in [-0.1, -0.05) is 0 Å². The minimum Gasteiger partial charge on any atom is -0.505 e. The second-order valence-electron chi connectivity index (χ2n) is 2.79. The van der Waals surface area contributed by atoms with Crippen LogP contribution >= 0.6 is 0 Å². The van der Waals surface area contributed by atoms with E-state index < -0.39 is 17.3 Å². The first-order valence-electron chi connectivity index (χ1n) is 4.01. The molecule has 2 heterocycles. The number of carbonyl (C=O) groups excluding carboxylic acids is 1. The molecule has 2 rings (SSSR count). The van der Waals surface area contributed by atoms with Crippen LogP contribution in [-0.4, -0.2) is 32.8 Å². The van der Waals surface area contributed by atoms with E-state index in [1.54, 1.807) is 0 Å². The van der Waals surface area contributed by atoms with Crippen molar-refractivity contribution in [1.82, 2.24) is 14.6 Å². The van der Waals surface area contributed by atoms with Crippen molar-refractivity contribution in [2.75, 3.05) is 7.11 Å². The maximum Gasteiger partial charge on any atom is 0.343 e. The molecule has 2 N–H and O–H groups in total. The van der Waals surface area contributed by atoms with Crippen LogP contribution in [0.1, 0.15) is 10.4 Å². The van der Waals surface area contributed by atoms with Crippen LogP contribution < -0.4 is 5.56 Å². The number of fused-ring (bicyclic) bond motifs is 1. The maximum atomic E-state index is 11.3. The quantitative estimate of drug-likeness (QED) is 0.618. The second kappa shape index (κ2) is 3.12. The molecule has 7 nitrogen and oxygen atoms in total. The molecule has 0 bridgehead atoms. The third kappa shape index (κ3) is 1.25. The van der Waals surface area contributed by atoms with Gasteiger partial charge in [0.15, 0.2) is 11.3 Å². The Labute approximate surface area is 82.9 Å². The Morgan fingerprint density at radius 3 is 3.00 bits per heavy atom. The lowest BCUT2D eigenvalue weighted by Crippen LogP contribution is -2.09. The third-order valence-corrected chi connectivity index (χ3v) is 1.96. The first-order valence-corrected chi connectivity index (χ1v) is 4.01. The van der Waals surface area contributed by atoms with Crippen LogP contribution in [-0.2, 0) is 4.74 Å². The van der Waals surface area contributed by atoms with E-state index in [2.05, 4.69) is 14.8 Å². The number of H-pyrrole nitrogens is 1. The number of hydrogen-bond acceptors (Lipinski definition) is 5. The maximum absolute atomic E-state index is 11.3. The highest BCUT2D eigenvalue weighted by atomic mass is 16.5. The van der Waals surface area contributed by atoms with Gasteiger partial charge in [0.05, 0.1) is 7.11 Å². The molecule has 0 aromatic carbocycles. The lowest BCUT2D eigenvalue weighted by molar-refractivity contribution is 0.0598. The molecule has 7 heteroatoms. The average Bonchev–Trinajstić information content (AvgIpc) is 2.56. The minimum absolute atomic E-state index is 0.0853. The molecule has 0 saturated heterocycles. The average molecular weight is 209 g/mol. The highest BCUT2D eigenvalue weighted by molar-refractivity contribution is 5.95. The van der Waals surface area contributed by atoms with Crippen LogP contribution in [0.15, 0.2) is 17.3 Å². The smallest absolute Gasteiger partial charge is 0.343 e. The van der Waals surface area contributed by atoms with Crippen molar-refractivity contribution in [3.8, 4) is 5.75 Å². The summed E-state index contributed by atoms with van der Waals surface area (Å²) < 4.78 is 5.55. The third-order valence-electron chi connectivity index (χ3n) is 1.96. The molecule has 78 valence electrons. The number of rotatable bonds is 1. The zero-order chi connectivity index (χ0) is 11.0. The molecular formula is C8H7N3O4. The van der Waals surface area contributed by atoms with Gasteiger partial charge in [-0.05, 0) is 0 Å². The van der Waals surface area contributed by atoms with Crippen LogP contribution in [0.25, 0.3) is 5.52 Å². The van der Waals surface area contributed by atoms with Crippen molar-refractivity contribution >= 4 is 11.5 Å². The van der Waals surface area contributed by atoms with E-state index in [1.807, 2.05) is 0 Å². The normalized spacial score (nSPS) is 10.5. The number of aromatic amines is 1. The highest BCUT2D eigenvalue weighted by Gasteiger charge is 2.19. The van der Waals surface area contributed by atoms with Gasteiger partial charge >= 0.3 is 5.97 Å². The van der Waals surface area contributed by atoms with Gasteiger partial charge in [0.2, 0.25) is 0 Å². The molecule has 0 fully saturated rings. The first-order chi connectivity index (χ1) is 7.15. The summed E-state index contributed by atoms with van der Waals surface area (Å²) in [6.45, 7) is 0. The van der Waals surface area contributed by atoms with E-state index in [-0.39, 0.29) is 11.1 Å². The summed E-state index contributed by atoms with van der Waals surface area (Å²) in [4.78, 5) is 24.8. The van der Waals surface area contributed by atoms with E-state index in [4.69, 9.17) is 0 Å². The Balaban J connectivity index is 2.81. The molecule has 0 aliphatic carbocycles. The zero-order valence-corrected chi connectivity index (χ0v) is 7.72. The number of nitrogens with zero attached hydrogens (tertiary/aromatic N) is 2. The van der Waals surface area contributed by atoms with Gasteiger partial charge in [0, 0.05) is 6.20 Å². The van der Waals surface area contributed by atoms with Crippen molar-refractivity contribution in [3.05, 3.63) is 28.4 Å². The van der Waals surface area contributed by atoms with Gasteiger partial charge in [-0.25, -0.2) is 9.31 Å². The Morgan fingerprint density at radius 2 is 2.40 bits per heavy atom. The largest absolute Gasteiger partial charge is 0.505 e. The Bertz CT molecular complexity index is 583. The van der Waals surface area contributed by atoms with Gasteiger partial charge in [-0.3, -0.25) is 4.79 Å². The van der Waals surface area contributed by atoms with Crippen LogP contribution in [0.3, 0.4) is 0 Å². The number of esters is 1. The summed E-state index contributed by atoms with van der Waals surface area (Å²) in [5.41, 5.74) is -0.711. The molecule has 0 amide bonds. The zero-order valence-electron chi connectivity index (χ0n) is 7.72. The van der Waals surface area contributed by atoms with E-state index in [0.717, 1.165) is 10.8 Å². The molecule has 0 unspecified atom stereocenters. The number of nitrogens with one attached hydrogen (secondary N) is 1. The molecule has 0 saturated carbocycles. The molecule has 0 aliphatic rings. The standard InChI is InChI=1S/C8H7N3O4/c1-15-8(14)4-2-11-5(6(4)12)7(13)9-3-10-11/h2-3,12H,1H3,(H,9,10,13). The number of ether oxygens (including phenoxy) is 1. The van der Waals surface area contributed by atoms with Gasteiger partial charge in [0.25, 0.3) is 5.56 Å². The van der Waals surface area contributed by atoms with E-state index in [0.29, 0.717) is 0 Å². The number of hydrogen-bond donors (Lipinski definition) is 2. The predicted octanol–water partition coefficient (Wildman–Crippen LogP) is -0.485. The molecule has 0 aliphatic heterocycles. The predicted molar refractivity (Wildman–Crippen MR) is 48.8 cm³/mol. The Kier molecular flexibility index (Phi) is 1.93. The van der Waals surface area contributed by atoms with Crippen molar-refractivity contribution in [1.29, 1.82) is 0 Å². The first kappa shape index (κ1) is 9.25. The van der Waals surface area contributed by atoms with Crippen LogP contribution in [0.2, 0.25) is 0 Å².